The SMILES string of the molecule is COc1ncc(C(=O)NCCN2CCCCC2CO)cn1. The Labute approximate surface area is 124 Å². The van der Waals surface area contributed by atoms with Crippen LogP contribution in [0.4, 0.5) is 0 Å². The molecule has 0 spiro atoms. The van der Waals surface area contributed by atoms with Crippen LogP contribution in [0, 0.1) is 0 Å². The van der Waals surface area contributed by atoms with Gasteiger partial charge in [0, 0.05) is 31.5 Å². The van der Waals surface area contributed by atoms with E-state index in [0.717, 1.165) is 32.4 Å². The molecule has 1 amide bonds. The van der Waals surface area contributed by atoms with Crippen LogP contribution in [0.3, 0.4) is 0 Å². The molecule has 116 valence electrons. The first-order chi connectivity index (χ1) is 10.2. The molecule has 2 N–H and O–H groups in total. The van der Waals surface area contributed by atoms with Gasteiger partial charge >= 0.3 is 6.01 Å². The number of rotatable bonds is 6. The minimum atomic E-state index is -0.199. The summed E-state index contributed by atoms with van der Waals surface area (Å²) in [6, 6.07) is 0.464. The zero-order valence-corrected chi connectivity index (χ0v) is 12.3. The smallest absolute Gasteiger partial charge is 0.316 e. The van der Waals surface area contributed by atoms with Crippen LogP contribution < -0.4 is 10.1 Å². The van der Waals surface area contributed by atoms with Gasteiger partial charge in [0.15, 0.2) is 0 Å². The number of likely N-dealkylation sites (tertiary alicyclic amines) is 1. The highest BCUT2D eigenvalue weighted by atomic mass is 16.5. The Hall–Kier alpha value is -1.73. The summed E-state index contributed by atoms with van der Waals surface area (Å²) >= 11 is 0. The highest BCUT2D eigenvalue weighted by molar-refractivity contribution is 5.93. The van der Waals surface area contributed by atoms with Crippen molar-refractivity contribution < 1.29 is 14.6 Å². The molecule has 1 aromatic heterocycles. The zero-order chi connectivity index (χ0) is 15.1. The van der Waals surface area contributed by atoms with E-state index in [9.17, 15) is 9.90 Å². The van der Waals surface area contributed by atoms with Crippen LogP contribution in [0.2, 0.25) is 0 Å². The van der Waals surface area contributed by atoms with Crippen molar-refractivity contribution in [2.75, 3.05) is 33.4 Å². The van der Waals surface area contributed by atoms with Gasteiger partial charge in [0.2, 0.25) is 0 Å². The fourth-order valence-electron chi connectivity index (χ4n) is 2.52. The van der Waals surface area contributed by atoms with Gasteiger partial charge in [-0.05, 0) is 19.4 Å². The molecular formula is C14H22N4O3. The summed E-state index contributed by atoms with van der Waals surface area (Å²) in [5, 5.41) is 12.2. The van der Waals surface area contributed by atoms with Crippen LogP contribution in [0.15, 0.2) is 12.4 Å². The third-order valence-electron chi connectivity index (χ3n) is 3.72. The van der Waals surface area contributed by atoms with Crippen molar-refractivity contribution in [3.63, 3.8) is 0 Å². The number of nitrogens with zero attached hydrogens (tertiary/aromatic N) is 3. The number of hydrogen-bond acceptors (Lipinski definition) is 6. The molecule has 21 heavy (non-hydrogen) atoms. The second-order valence-electron chi connectivity index (χ2n) is 5.08. The number of nitrogens with one attached hydrogen (secondary N) is 1. The Morgan fingerprint density at radius 1 is 1.48 bits per heavy atom. The van der Waals surface area contributed by atoms with Crippen LogP contribution in [0.1, 0.15) is 29.6 Å². The number of amides is 1. The molecule has 1 saturated heterocycles. The summed E-state index contributed by atoms with van der Waals surface area (Å²) < 4.78 is 4.85. The quantitative estimate of drug-likeness (QED) is 0.771. The molecule has 2 heterocycles. The topological polar surface area (TPSA) is 87.6 Å². The summed E-state index contributed by atoms with van der Waals surface area (Å²) in [4.78, 5) is 22.0. The van der Waals surface area contributed by atoms with Gasteiger partial charge in [-0.25, -0.2) is 9.97 Å². The summed E-state index contributed by atoms with van der Waals surface area (Å²) in [5.74, 6) is -0.199. The molecule has 1 aliphatic heterocycles. The number of aromatic nitrogens is 2. The van der Waals surface area contributed by atoms with Crippen LogP contribution >= 0.6 is 0 Å². The Morgan fingerprint density at radius 3 is 2.90 bits per heavy atom. The normalized spacial score (nSPS) is 19.2. The first-order valence-electron chi connectivity index (χ1n) is 7.23. The maximum absolute atomic E-state index is 11.9. The highest BCUT2D eigenvalue weighted by Gasteiger charge is 2.21. The minimum Gasteiger partial charge on any atom is -0.467 e. The second-order valence-corrected chi connectivity index (χ2v) is 5.08. The number of ether oxygens (including phenoxy) is 1. The number of aliphatic hydroxyl groups excluding tert-OH is 1. The molecule has 1 atom stereocenters. The third kappa shape index (κ3) is 4.37. The van der Waals surface area contributed by atoms with Crippen molar-refractivity contribution in [2.24, 2.45) is 0 Å². The van der Waals surface area contributed by atoms with E-state index in [0.29, 0.717) is 12.1 Å². The lowest BCUT2D eigenvalue weighted by Gasteiger charge is -2.34. The molecule has 0 radical (unpaired) electrons. The van der Waals surface area contributed by atoms with Crippen molar-refractivity contribution >= 4 is 5.91 Å². The van der Waals surface area contributed by atoms with E-state index in [2.05, 4.69) is 20.2 Å². The summed E-state index contributed by atoms with van der Waals surface area (Å²) in [5.41, 5.74) is 0.410. The number of methoxy groups -OCH3 is 1. The van der Waals surface area contributed by atoms with Gasteiger partial charge in [-0.15, -0.1) is 0 Å². The first kappa shape index (κ1) is 15.7. The zero-order valence-electron chi connectivity index (χ0n) is 12.3. The van der Waals surface area contributed by atoms with E-state index in [-0.39, 0.29) is 24.6 Å². The van der Waals surface area contributed by atoms with Gasteiger partial charge in [-0.1, -0.05) is 6.42 Å². The Balaban J connectivity index is 1.77. The van der Waals surface area contributed by atoms with Gasteiger partial charge in [0.25, 0.3) is 5.91 Å². The van der Waals surface area contributed by atoms with Crippen LogP contribution in [-0.4, -0.2) is 65.3 Å². The number of piperidine rings is 1. The maximum atomic E-state index is 11.9. The molecule has 1 fully saturated rings. The molecule has 7 nitrogen and oxygen atoms in total. The average molecular weight is 294 g/mol. The van der Waals surface area contributed by atoms with Crippen LogP contribution in [-0.2, 0) is 0 Å². The number of aliphatic hydroxyl groups is 1. The van der Waals surface area contributed by atoms with E-state index in [4.69, 9.17) is 4.74 Å². The predicted molar refractivity (Wildman–Crippen MR) is 77.2 cm³/mol. The van der Waals surface area contributed by atoms with E-state index in [1.54, 1.807) is 0 Å². The fourth-order valence-corrected chi connectivity index (χ4v) is 2.52. The van der Waals surface area contributed by atoms with Crippen molar-refractivity contribution in [3.8, 4) is 6.01 Å². The third-order valence-corrected chi connectivity index (χ3v) is 3.72. The molecule has 0 aromatic carbocycles. The van der Waals surface area contributed by atoms with Crippen molar-refractivity contribution in [3.05, 3.63) is 18.0 Å². The molecule has 1 aromatic rings. The monoisotopic (exact) mass is 294 g/mol. The van der Waals surface area contributed by atoms with Crippen LogP contribution in [0.5, 0.6) is 6.01 Å². The molecule has 0 bridgehead atoms. The Kier molecular flexibility index (Phi) is 5.89. The standard InChI is InChI=1S/C14H22N4O3/c1-21-14-16-8-11(9-17-14)13(20)15-5-7-18-6-3-2-4-12(18)10-19/h8-9,12,19H,2-7,10H2,1H3,(H,15,20). The largest absolute Gasteiger partial charge is 0.467 e. The molecule has 0 aliphatic carbocycles. The summed E-state index contributed by atoms with van der Waals surface area (Å²) in [6.45, 7) is 2.45. The van der Waals surface area contributed by atoms with Crippen molar-refractivity contribution in [1.29, 1.82) is 0 Å². The predicted octanol–water partition coefficient (Wildman–Crippen LogP) is 0.0618. The lowest BCUT2D eigenvalue weighted by atomic mass is 10.0. The number of carbonyl (C=O) groups is 1. The summed E-state index contributed by atoms with van der Waals surface area (Å²) in [7, 11) is 1.48. The van der Waals surface area contributed by atoms with E-state index >= 15 is 0 Å². The Morgan fingerprint density at radius 2 is 2.24 bits per heavy atom. The molecule has 2 rings (SSSR count). The van der Waals surface area contributed by atoms with Gasteiger partial charge in [-0.2, -0.15) is 0 Å². The average Bonchev–Trinajstić information content (AvgIpc) is 2.55. The van der Waals surface area contributed by atoms with Gasteiger partial charge in [-0.3, -0.25) is 9.69 Å². The maximum Gasteiger partial charge on any atom is 0.316 e. The lowest BCUT2D eigenvalue weighted by Crippen LogP contribution is -2.45. The molecule has 7 heteroatoms. The molecule has 1 aliphatic rings. The van der Waals surface area contributed by atoms with Gasteiger partial charge < -0.3 is 15.2 Å². The lowest BCUT2D eigenvalue weighted by molar-refractivity contribution is 0.0849. The van der Waals surface area contributed by atoms with Crippen molar-refractivity contribution in [1.82, 2.24) is 20.2 Å². The first-order valence-corrected chi connectivity index (χ1v) is 7.23. The van der Waals surface area contributed by atoms with Gasteiger partial charge in [0.05, 0.1) is 19.3 Å². The van der Waals surface area contributed by atoms with E-state index in [1.165, 1.54) is 19.5 Å². The molecule has 1 unspecified atom stereocenters. The highest BCUT2D eigenvalue weighted by Crippen LogP contribution is 2.15. The molecular weight excluding hydrogens is 272 g/mol. The van der Waals surface area contributed by atoms with Gasteiger partial charge in [0.1, 0.15) is 0 Å². The number of hydrogen-bond donors (Lipinski definition) is 2. The number of carbonyl (C=O) groups excluding carboxylic acids is 1. The summed E-state index contributed by atoms with van der Waals surface area (Å²) in [6.07, 6.45) is 6.22. The Bertz CT molecular complexity index is 452. The fraction of sp³-hybridized carbons (Fsp3) is 0.643. The van der Waals surface area contributed by atoms with Crippen LogP contribution in [0.25, 0.3) is 0 Å². The van der Waals surface area contributed by atoms with Crippen molar-refractivity contribution in [2.45, 2.75) is 25.3 Å². The van der Waals surface area contributed by atoms with E-state index in [1.807, 2.05) is 0 Å². The minimum absolute atomic E-state index is 0.181. The second kappa shape index (κ2) is 7.90. The van der Waals surface area contributed by atoms with E-state index < -0.39 is 0 Å². The molecule has 0 saturated carbocycles.